The highest BCUT2D eigenvalue weighted by Crippen LogP contribution is 2.29. The average molecular weight is 392 g/mol. The smallest absolute Gasteiger partial charge is 0.161 e. The van der Waals surface area contributed by atoms with Crippen molar-refractivity contribution in [3.8, 4) is 11.5 Å². The van der Waals surface area contributed by atoms with Gasteiger partial charge in [-0.15, -0.1) is 0 Å². The molecule has 0 saturated carbocycles. The number of likely N-dealkylation sites (N-methyl/N-ethyl adjacent to an activating group) is 1. The maximum absolute atomic E-state index is 10.4. The highest BCUT2D eigenvalue weighted by molar-refractivity contribution is 5.43. The van der Waals surface area contributed by atoms with Gasteiger partial charge in [0.2, 0.25) is 0 Å². The van der Waals surface area contributed by atoms with Crippen molar-refractivity contribution >= 4 is 0 Å². The van der Waals surface area contributed by atoms with Crippen LogP contribution < -0.4 is 9.47 Å². The molecule has 2 heterocycles. The third-order valence-corrected chi connectivity index (χ3v) is 5.90. The molecule has 1 aromatic carbocycles. The predicted molar refractivity (Wildman–Crippen MR) is 112 cm³/mol. The SMILES string of the molecule is CCN1CCN(CC(O)COc2ccc(CN3CCCCC3)cc2OC)CC1. The maximum atomic E-state index is 10.4. The summed E-state index contributed by atoms with van der Waals surface area (Å²) in [5.41, 5.74) is 1.25. The Labute approximate surface area is 170 Å². The van der Waals surface area contributed by atoms with Crippen LogP contribution in [0.3, 0.4) is 0 Å². The summed E-state index contributed by atoms with van der Waals surface area (Å²) in [6.45, 7) is 11.8. The summed E-state index contributed by atoms with van der Waals surface area (Å²) in [5, 5.41) is 10.4. The number of aliphatic hydroxyl groups excluding tert-OH is 1. The minimum absolute atomic E-state index is 0.288. The molecule has 1 N–H and O–H groups in total. The van der Waals surface area contributed by atoms with E-state index in [-0.39, 0.29) is 6.61 Å². The van der Waals surface area contributed by atoms with Gasteiger partial charge in [-0.05, 0) is 50.2 Å². The van der Waals surface area contributed by atoms with Gasteiger partial charge >= 0.3 is 0 Å². The van der Waals surface area contributed by atoms with Crippen LogP contribution in [0, 0.1) is 0 Å². The maximum Gasteiger partial charge on any atom is 0.161 e. The van der Waals surface area contributed by atoms with Gasteiger partial charge in [0.15, 0.2) is 11.5 Å². The van der Waals surface area contributed by atoms with E-state index in [0.717, 1.165) is 45.0 Å². The number of hydrogen-bond acceptors (Lipinski definition) is 6. The van der Waals surface area contributed by atoms with Gasteiger partial charge in [0, 0.05) is 39.3 Å². The minimum Gasteiger partial charge on any atom is -0.493 e. The zero-order chi connectivity index (χ0) is 19.8. The normalized spacial score (nSPS) is 20.8. The van der Waals surface area contributed by atoms with Crippen LogP contribution in [0.2, 0.25) is 0 Å². The van der Waals surface area contributed by atoms with E-state index >= 15 is 0 Å². The lowest BCUT2D eigenvalue weighted by Gasteiger charge is -2.34. The van der Waals surface area contributed by atoms with Gasteiger partial charge in [-0.25, -0.2) is 0 Å². The molecule has 0 radical (unpaired) electrons. The van der Waals surface area contributed by atoms with Gasteiger partial charge in [-0.1, -0.05) is 19.4 Å². The number of aliphatic hydroxyl groups is 1. The van der Waals surface area contributed by atoms with E-state index in [4.69, 9.17) is 9.47 Å². The van der Waals surface area contributed by atoms with Gasteiger partial charge in [-0.2, -0.15) is 0 Å². The Morgan fingerprint density at radius 2 is 1.64 bits per heavy atom. The van der Waals surface area contributed by atoms with E-state index in [0.29, 0.717) is 12.3 Å². The molecule has 158 valence electrons. The van der Waals surface area contributed by atoms with Gasteiger partial charge in [0.05, 0.1) is 7.11 Å². The number of β-amino-alcohol motifs (C(OH)–C–C–N with tert-alkyl or cyclic N) is 1. The van der Waals surface area contributed by atoms with Crippen molar-refractivity contribution in [1.82, 2.24) is 14.7 Å². The largest absolute Gasteiger partial charge is 0.493 e. The summed E-state index contributed by atoms with van der Waals surface area (Å²) in [6.07, 6.45) is 3.45. The first-order chi connectivity index (χ1) is 13.7. The van der Waals surface area contributed by atoms with Crippen LogP contribution in [0.4, 0.5) is 0 Å². The number of nitrogens with zero attached hydrogens (tertiary/aromatic N) is 3. The topological polar surface area (TPSA) is 48.4 Å². The van der Waals surface area contributed by atoms with Crippen LogP contribution in [0.5, 0.6) is 11.5 Å². The predicted octanol–water partition coefficient (Wildman–Crippen LogP) is 2.06. The first kappa shape index (κ1) is 21.4. The second kappa shape index (κ2) is 11.0. The summed E-state index contributed by atoms with van der Waals surface area (Å²) in [5.74, 6) is 1.46. The molecule has 2 saturated heterocycles. The number of benzene rings is 1. The minimum atomic E-state index is -0.495. The van der Waals surface area contributed by atoms with Gasteiger partial charge in [0.25, 0.3) is 0 Å². The number of piperidine rings is 1. The molecule has 0 bridgehead atoms. The van der Waals surface area contributed by atoms with E-state index in [1.54, 1.807) is 7.11 Å². The average Bonchev–Trinajstić information content (AvgIpc) is 2.74. The number of likely N-dealkylation sites (tertiary alicyclic amines) is 1. The summed E-state index contributed by atoms with van der Waals surface area (Å²) < 4.78 is 11.4. The highest BCUT2D eigenvalue weighted by atomic mass is 16.5. The third kappa shape index (κ3) is 6.34. The Kier molecular flexibility index (Phi) is 8.40. The first-order valence-corrected chi connectivity index (χ1v) is 10.8. The molecule has 0 spiro atoms. The second-order valence-corrected chi connectivity index (χ2v) is 8.02. The number of piperazine rings is 1. The van der Waals surface area contributed by atoms with Crippen molar-refractivity contribution in [3.05, 3.63) is 23.8 Å². The molecular formula is C22H37N3O3. The molecule has 28 heavy (non-hydrogen) atoms. The molecule has 1 atom stereocenters. The van der Waals surface area contributed by atoms with Crippen molar-refractivity contribution in [2.45, 2.75) is 38.8 Å². The third-order valence-electron chi connectivity index (χ3n) is 5.90. The lowest BCUT2D eigenvalue weighted by atomic mass is 10.1. The number of rotatable bonds is 9. The van der Waals surface area contributed by atoms with E-state index in [1.165, 1.54) is 37.9 Å². The van der Waals surface area contributed by atoms with Crippen LogP contribution in [-0.4, -0.2) is 92.0 Å². The molecular weight excluding hydrogens is 354 g/mol. The lowest BCUT2D eigenvalue weighted by Crippen LogP contribution is -2.49. The highest BCUT2D eigenvalue weighted by Gasteiger charge is 2.19. The van der Waals surface area contributed by atoms with Crippen LogP contribution in [-0.2, 0) is 6.54 Å². The van der Waals surface area contributed by atoms with Crippen LogP contribution in [0.1, 0.15) is 31.7 Å². The van der Waals surface area contributed by atoms with Crippen molar-refractivity contribution in [2.75, 3.05) is 66.1 Å². The number of methoxy groups -OCH3 is 1. The summed E-state index contributed by atoms with van der Waals surface area (Å²) >= 11 is 0. The lowest BCUT2D eigenvalue weighted by molar-refractivity contribution is 0.0464. The fourth-order valence-electron chi connectivity index (χ4n) is 4.13. The van der Waals surface area contributed by atoms with Crippen molar-refractivity contribution < 1.29 is 14.6 Å². The Bertz CT molecular complexity index is 584. The molecule has 6 nitrogen and oxygen atoms in total. The van der Waals surface area contributed by atoms with Crippen molar-refractivity contribution in [1.29, 1.82) is 0 Å². The molecule has 1 unspecified atom stereocenters. The van der Waals surface area contributed by atoms with Gasteiger partial charge in [0.1, 0.15) is 12.7 Å². The Balaban J connectivity index is 1.46. The molecule has 3 rings (SSSR count). The van der Waals surface area contributed by atoms with Gasteiger partial charge in [-0.3, -0.25) is 9.80 Å². The number of hydrogen-bond donors (Lipinski definition) is 1. The summed E-state index contributed by atoms with van der Waals surface area (Å²) in [6, 6.07) is 6.16. The fourth-order valence-corrected chi connectivity index (χ4v) is 4.13. The second-order valence-electron chi connectivity index (χ2n) is 8.02. The molecule has 0 aliphatic carbocycles. The van der Waals surface area contributed by atoms with E-state index in [9.17, 15) is 5.11 Å². The molecule has 2 fully saturated rings. The van der Waals surface area contributed by atoms with Crippen LogP contribution in [0.15, 0.2) is 18.2 Å². The van der Waals surface area contributed by atoms with E-state index in [2.05, 4.69) is 33.8 Å². The summed E-state index contributed by atoms with van der Waals surface area (Å²) in [7, 11) is 1.68. The Hall–Kier alpha value is -1.34. The monoisotopic (exact) mass is 391 g/mol. The molecule has 6 heteroatoms. The summed E-state index contributed by atoms with van der Waals surface area (Å²) in [4.78, 5) is 7.26. The first-order valence-electron chi connectivity index (χ1n) is 10.8. The van der Waals surface area contributed by atoms with E-state index in [1.807, 2.05) is 6.07 Å². The molecule has 0 amide bonds. The Morgan fingerprint density at radius 1 is 0.929 bits per heavy atom. The molecule has 2 aliphatic rings. The molecule has 0 aromatic heterocycles. The Morgan fingerprint density at radius 3 is 2.32 bits per heavy atom. The van der Waals surface area contributed by atoms with Crippen LogP contribution >= 0.6 is 0 Å². The number of ether oxygens (including phenoxy) is 2. The quantitative estimate of drug-likeness (QED) is 0.695. The standard InChI is InChI=1S/C22H37N3O3/c1-3-23-11-13-25(14-12-23)17-20(26)18-28-21-8-7-19(15-22(21)27-2)16-24-9-5-4-6-10-24/h7-8,15,20,26H,3-6,9-14,16-18H2,1-2H3. The molecule has 1 aromatic rings. The van der Waals surface area contributed by atoms with Crippen molar-refractivity contribution in [2.24, 2.45) is 0 Å². The zero-order valence-electron chi connectivity index (χ0n) is 17.6. The van der Waals surface area contributed by atoms with Gasteiger partial charge < -0.3 is 19.5 Å². The molecule has 2 aliphatic heterocycles. The van der Waals surface area contributed by atoms with Crippen LogP contribution in [0.25, 0.3) is 0 Å². The van der Waals surface area contributed by atoms with E-state index < -0.39 is 6.10 Å². The fraction of sp³-hybridized carbons (Fsp3) is 0.727. The zero-order valence-corrected chi connectivity index (χ0v) is 17.6. The van der Waals surface area contributed by atoms with Crippen molar-refractivity contribution in [3.63, 3.8) is 0 Å².